The fourth-order valence-corrected chi connectivity index (χ4v) is 4.16. The summed E-state index contributed by atoms with van der Waals surface area (Å²) in [7, 11) is 2.09. The standard InChI is InChI=1S/C24H24ClN5O/c1-27-12-14-28(15-13-27)24(31)19-4-8-21(9-5-19)29-11-10-23-26-16-22(30(23)17-29)18-2-6-20(25)7-3-18/h2-11,16H,12-15,17H2,1H3/q+1. The first-order chi connectivity index (χ1) is 15.1. The zero-order valence-electron chi connectivity index (χ0n) is 17.4. The van der Waals surface area contributed by atoms with E-state index in [1.165, 1.54) is 0 Å². The molecule has 1 fully saturated rings. The van der Waals surface area contributed by atoms with Crippen LogP contribution in [0.2, 0.25) is 5.02 Å². The fraction of sp³-hybridized carbons (Fsp3) is 0.250. The molecule has 6 nitrogen and oxygen atoms in total. The van der Waals surface area contributed by atoms with Crippen molar-refractivity contribution in [3.05, 3.63) is 83.2 Å². The van der Waals surface area contributed by atoms with E-state index in [2.05, 4.69) is 26.7 Å². The Bertz CT molecular complexity index is 1070. The molecule has 1 radical (unpaired) electrons. The first-order valence-corrected chi connectivity index (χ1v) is 10.8. The molecule has 157 valence electrons. The zero-order valence-corrected chi connectivity index (χ0v) is 18.2. The Morgan fingerprint density at radius 1 is 1.00 bits per heavy atom. The molecule has 3 heterocycles. The van der Waals surface area contributed by atoms with Crippen LogP contribution < -0.4 is 9.80 Å². The van der Waals surface area contributed by atoms with E-state index >= 15 is 0 Å². The van der Waals surface area contributed by atoms with Gasteiger partial charge >= 0.3 is 0 Å². The van der Waals surface area contributed by atoms with Crippen molar-refractivity contribution in [2.75, 3.05) is 44.8 Å². The number of aliphatic imine (C=N–C) groups is 1. The number of likely N-dealkylation sites (N-methyl/N-ethyl adjacent to an activating group) is 1. The third-order valence-corrected chi connectivity index (χ3v) is 6.21. The molecule has 0 N–H and O–H groups in total. The molecule has 31 heavy (non-hydrogen) atoms. The monoisotopic (exact) mass is 433 g/mol. The minimum Gasteiger partial charge on any atom is -0.336 e. The molecular weight excluding hydrogens is 410 g/mol. The summed E-state index contributed by atoms with van der Waals surface area (Å²) in [5.74, 6) is 1.03. The summed E-state index contributed by atoms with van der Waals surface area (Å²) in [5.41, 5.74) is 3.89. The molecule has 1 saturated heterocycles. The Hall–Kier alpha value is -2.93. The second kappa shape index (κ2) is 8.30. The van der Waals surface area contributed by atoms with Crippen LogP contribution in [0.4, 0.5) is 5.69 Å². The van der Waals surface area contributed by atoms with Gasteiger partial charge in [0.15, 0.2) is 0 Å². The molecule has 1 amide bonds. The zero-order chi connectivity index (χ0) is 21.4. The van der Waals surface area contributed by atoms with E-state index < -0.39 is 0 Å². The maximum absolute atomic E-state index is 12.8. The number of rotatable bonds is 3. The minimum absolute atomic E-state index is 0.107. The highest BCUT2D eigenvalue weighted by Crippen LogP contribution is 2.28. The van der Waals surface area contributed by atoms with Crippen LogP contribution in [0.3, 0.4) is 0 Å². The van der Waals surface area contributed by atoms with Gasteiger partial charge in [0.05, 0.1) is 0 Å². The number of benzene rings is 2. The number of amidine groups is 1. The smallest absolute Gasteiger partial charge is 0.285 e. The van der Waals surface area contributed by atoms with Gasteiger partial charge in [0, 0.05) is 60.3 Å². The molecule has 0 atom stereocenters. The van der Waals surface area contributed by atoms with Gasteiger partial charge in [-0.25, -0.2) is 0 Å². The molecule has 0 aromatic heterocycles. The summed E-state index contributed by atoms with van der Waals surface area (Å²) in [6.07, 6.45) is 5.93. The summed E-state index contributed by atoms with van der Waals surface area (Å²) >= 11 is 6.04. The molecular formula is C24H24ClN5O+. The van der Waals surface area contributed by atoms with Crippen LogP contribution in [0, 0.1) is 0 Å². The van der Waals surface area contributed by atoms with E-state index in [1.54, 1.807) is 0 Å². The van der Waals surface area contributed by atoms with Gasteiger partial charge in [-0.1, -0.05) is 16.5 Å². The number of carbonyl (C=O) groups excluding carboxylic acids is 1. The van der Waals surface area contributed by atoms with Gasteiger partial charge in [-0.05, 0) is 55.6 Å². The number of nitrogens with zero attached hydrogens (tertiary/aromatic N) is 5. The van der Waals surface area contributed by atoms with E-state index in [0.717, 1.165) is 59.5 Å². The molecule has 3 aliphatic rings. The van der Waals surface area contributed by atoms with Gasteiger partial charge in [0.2, 0.25) is 12.4 Å². The lowest BCUT2D eigenvalue weighted by Crippen LogP contribution is -2.47. The Labute approximate surface area is 187 Å². The average Bonchev–Trinajstić information content (AvgIpc) is 3.23. The van der Waals surface area contributed by atoms with Crippen LogP contribution in [0.1, 0.15) is 15.9 Å². The number of piperazine rings is 1. The van der Waals surface area contributed by atoms with Crippen molar-refractivity contribution in [1.29, 1.82) is 0 Å². The van der Waals surface area contributed by atoms with Crippen molar-refractivity contribution >= 4 is 34.7 Å². The molecule has 5 rings (SSSR count). The Morgan fingerprint density at radius 3 is 2.42 bits per heavy atom. The van der Waals surface area contributed by atoms with Gasteiger partial charge < -0.3 is 9.80 Å². The van der Waals surface area contributed by atoms with Gasteiger partial charge in [0.1, 0.15) is 6.20 Å². The van der Waals surface area contributed by atoms with E-state index in [4.69, 9.17) is 11.6 Å². The predicted molar refractivity (Wildman–Crippen MR) is 125 cm³/mol. The highest BCUT2D eigenvalue weighted by Gasteiger charge is 2.37. The van der Waals surface area contributed by atoms with Crippen LogP contribution >= 0.6 is 11.6 Å². The molecule has 2 aromatic rings. The predicted octanol–water partition coefficient (Wildman–Crippen LogP) is 3.57. The third kappa shape index (κ3) is 4.02. The SMILES string of the molecule is CN1CCN(C(=O)c2ccc(N3C=CC4=NC=C(c5ccc(Cl)cc5)[N+]4C3)cc2)CC1. The topological polar surface area (TPSA) is 45.0 Å². The second-order valence-electron chi connectivity index (χ2n) is 8.01. The molecule has 0 bridgehead atoms. The van der Waals surface area contributed by atoms with Crippen molar-refractivity contribution in [1.82, 2.24) is 14.7 Å². The first kappa shape index (κ1) is 20.0. The van der Waals surface area contributed by atoms with E-state index in [0.29, 0.717) is 6.67 Å². The van der Waals surface area contributed by atoms with E-state index in [9.17, 15) is 4.79 Å². The van der Waals surface area contributed by atoms with Gasteiger partial charge in [-0.15, -0.1) is 0 Å². The second-order valence-corrected chi connectivity index (χ2v) is 8.44. The number of carbonyl (C=O) groups is 1. The van der Waals surface area contributed by atoms with Gasteiger partial charge in [-0.2, -0.15) is 4.99 Å². The summed E-state index contributed by atoms with van der Waals surface area (Å²) in [4.78, 5) is 25.9. The van der Waals surface area contributed by atoms with Crippen LogP contribution in [0.25, 0.3) is 5.70 Å². The normalized spacial score (nSPS) is 19.3. The van der Waals surface area contributed by atoms with Gasteiger partial charge in [0.25, 0.3) is 11.7 Å². The summed E-state index contributed by atoms with van der Waals surface area (Å²) in [5, 5.41) is 0.717. The maximum Gasteiger partial charge on any atom is 0.285 e. The molecule has 0 spiro atoms. The number of hydrogen-bond donors (Lipinski definition) is 0. The molecule has 7 heteroatoms. The van der Waals surface area contributed by atoms with Crippen LogP contribution in [0.15, 0.2) is 72.0 Å². The van der Waals surface area contributed by atoms with Crippen molar-refractivity contribution in [2.24, 2.45) is 4.99 Å². The number of amides is 1. The average molecular weight is 434 g/mol. The van der Waals surface area contributed by atoms with Crippen molar-refractivity contribution in [2.45, 2.75) is 0 Å². The fourth-order valence-electron chi connectivity index (χ4n) is 4.03. The lowest BCUT2D eigenvalue weighted by Gasteiger charge is -2.32. The van der Waals surface area contributed by atoms with Crippen LogP contribution in [-0.4, -0.2) is 61.4 Å². The molecule has 2 aromatic carbocycles. The molecule has 3 aliphatic heterocycles. The lowest BCUT2D eigenvalue weighted by molar-refractivity contribution is 0.0664. The molecule has 0 aliphatic carbocycles. The van der Waals surface area contributed by atoms with Crippen molar-refractivity contribution in [3.8, 4) is 0 Å². The van der Waals surface area contributed by atoms with Crippen molar-refractivity contribution < 1.29 is 4.79 Å². The van der Waals surface area contributed by atoms with Gasteiger partial charge in [-0.3, -0.25) is 9.69 Å². The minimum atomic E-state index is 0.107. The highest BCUT2D eigenvalue weighted by atomic mass is 35.5. The number of hydrogen-bond acceptors (Lipinski definition) is 5. The van der Waals surface area contributed by atoms with Crippen LogP contribution in [-0.2, 0) is 0 Å². The summed E-state index contributed by atoms with van der Waals surface area (Å²) < 4.78 is 0. The van der Waals surface area contributed by atoms with E-state index in [1.807, 2.05) is 71.9 Å². The van der Waals surface area contributed by atoms with Crippen LogP contribution in [0.5, 0.6) is 0 Å². The largest absolute Gasteiger partial charge is 0.336 e. The number of anilines is 1. The molecule has 0 unspecified atom stereocenters. The summed E-state index contributed by atoms with van der Waals surface area (Å²) in [6, 6.07) is 15.7. The Balaban J connectivity index is 1.29. The lowest BCUT2D eigenvalue weighted by atomic mass is 10.1. The quantitative estimate of drug-likeness (QED) is 0.695. The number of halogens is 1. The highest BCUT2D eigenvalue weighted by molar-refractivity contribution is 6.30. The maximum atomic E-state index is 12.8. The Kier molecular flexibility index (Phi) is 5.36. The number of fused-ring (bicyclic) bond motifs is 1. The third-order valence-electron chi connectivity index (χ3n) is 5.96. The Morgan fingerprint density at radius 2 is 1.71 bits per heavy atom. The van der Waals surface area contributed by atoms with E-state index in [-0.39, 0.29) is 5.91 Å². The molecule has 0 saturated carbocycles. The first-order valence-electron chi connectivity index (χ1n) is 10.4. The summed E-state index contributed by atoms with van der Waals surface area (Å²) in [6.45, 7) is 4.05. The van der Waals surface area contributed by atoms with Crippen molar-refractivity contribution in [3.63, 3.8) is 0 Å².